The van der Waals surface area contributed by atoms with Gasteiger partial charge in [-0.15, -0.1) is 0 Å². The Bertz CT molecular complexity index is 783. The second kappa shape index (κ2) is 9.85. The van der Waals surface area contributed by atoms with Crippen molar-refractivity contribution in [1.82, 2.24) is 20.9 Å². The van der Waals surface area contributed by atoms with Gasteiger partial charge in [-0.25, -0.2) is 9.18 Å². The van der Waals surface area contributed by atoms with E-state index in [0.717, 1.165) is 26.1 Å². The van der Waals surface area contributed by atoms with Crippen LogP contribution in [-0.2, 0) is 6.54 Å². The van der Waals surface area contributed by atoms with Crippen LogP contribution in [0.15, 0.2) is 54.6 Å². The van der Waals surface area contributed by atoms with Crippen molar-refractivity contribution in [2.45, 2.75) is 19.0 Å². The van der Waals surface area contributed by atoms with Crippen LogP contribution in [-0.4, -0.2) is 49.1 Å². The Morgan fingerprint density at radius 3 is 2.46 bits per heavy atom. The van der Waals surface area contributed by atoms with Gasteiger partial charge in [-0.05, 0) is 36.2 Å². The van der Waals surface area contributed by atoms with Gasteiger partial charge < -0.3 is 16.0 Å². The van der Waals surface area contributed by atoms with Gasteiger partial charge in [0.1, 0.15) is 5.82 Å². The van der Waals surface area contributed by atoms with Crippen LogP contribution in [0.5, 0.6) is 0 Å². The Hall–Kier alpha value is -2.93. The average molecular weight is 384 g/mol. The van der Waals surface area contributed by atoms with Crippen LogP contribution in [0.2, 0.25) is 0 Å². The molecule has 1 unspecified atom stereocenters. The summed E-state index contributed by atoms with van der Waals surface area (Å²) in [6.45, 7) is 3.28. The quantitative estimate of drug-likeness (QED) is 0.641. The lowest BCUT2D eigenvalue weighted by Crippen LogP contribution is -2.45. The lowest BCUT2D eigenvalue weighted by atomic mass is 10.2. The van der Waals surface area contributed by atoms with Crippen molar-refractivity contribution in [2.24, 2.45) is 0 Å². The van der Waals surface area contributed by atoms with E-state index < -0.39 is 0 Å². The fourth-order valence-electron chi connectivity index (χ4n) is 3.23. The van der Waals surface area contributed by atoms with E-state index in [9.17, 15) is 14.0 Å². The number of rotatable bonds is 7. The smallest absolute Gasteiger partial charge is 0.315 e. The minimum absolute atomic E-state index is 0.123. The first-order chi connectivity index (χ1) is 13.6. The first-order valence-electron chi connectivity index (χ1n) is 9.44. The van der Waals surface area contributed by atoms with Gasteiger partial charge in [-0.1, -0.05) is 30.3 Å². The lowest BCUT2D eigenvalue weighted by molar-refractivity contribution is 0.0953. The molecule has 3 N–H and O–H groups in total. The molecule has 1 aliphatic heterocycles. The highest BCUT2D eigenvalue weighted by Crippen LogP contribution is 2.13. The van der Waals surface area contributed by atoms with Gasteiger partial charge in [0, 0.05) is 44.3 Å². The second-order valence-corrected chi connectivity index (χ2v) is 6.87. The van der Waals surface area contributed by atoms with Crippen LogP contribution in [0, 0.1) is 5.82 Å². The summed E-state index contributed by atoms with van der Waals surface area (Å²) in [4.78, 5) is 26.2. The molecule has 2 aromatic rings. The van der Waals surface area contributed by atoms with Crippen LogP contribution in [0.4, 0.5) is 9.18 Å². The Labute approximate surface area is 164 Å². The van der Waals surface area contributed by atoms with Gasteiger partial charge in [-0.2, -0.15) is 0 Å². The molecule has 148 valence electrons. The molecule has 3 rings (SSSR count). The molecule has 1 aliphatic rings. The fourth-order valence-corrected chi connectivity index (χ4v) is 3.23. The molecule has 0 saturated carbocycles. The SMILES string of the molecule is O=C(NCCNC(=O)c1ccc(F)cc1)NC1CCN(Cc2ccccc2)C1. The Kier molecular flexibility index (Phi) is 6.97. The molecule has 7 heteroatoms. The largest absolute Gasteiger partial charge is 0.350 e. The maximum Gasteiger partial charge on any atom is 0.315 e. The number of likely N-dealkylation sites (tertiary alicyclic amines) is 1. The Morgan fingerprint density at radius 2 is 1.71 bits per heavy atom. The van der Waals surface area contributed by atoms with Crippen LogP contribution in [0.1, 0.15) is 22.3 Å². The zero-order chi connectivity index (χ0) is 19.8. The summed E-state index contributed by atoms with van der Waals surface area (Å²) >= 11 is 0. The maximum atomic E-state index is 12.9. The van der Waals surface area contributed by atoms with Crippen molar-refractivity contribution in [3.63, 3.8) is 0 Å². The number of amides is 3. The number of urea groups is 1. The molecule has 1 heterocycles. The van der Waals surface area contributed by atoms with E-state index in [1.165, 1.54) is 29.8 Å². The zero-order valence-electron chi connectivity index (χ0n) is 15.7. The summed E-state index contributed by atoms with van der Waals surface area (Å²) < 4.78 is 12.9. The molecule has 0 aliphatic carbocycles. The summed E-state index contributed by atoms with van der Waals surface area (Å²) in [5.41, 5.74) is 1.65. The lowest BCUT2D eigenvalue weighted by Gasteiger charge is -2.17. The minimum Gasteiger partial charge on any atom is -0.350 e. The highest BCUT2D eigenvalue weighted by molar-refractivity contribution is 5.94. The first-order valence-corrected chi connectivity index (χ1v) is 9.44. The van der Waals surface area contributed by atoms with Crippen molar-refractivity contribution in [3.05, 3.63) is 71.5 Å². The molecule has 1 fully saturated rings. The standard InChI is InChI=1S/C21H25FN4O2/c22-18-8-6-17(7-9-18)20(27)23-11-12-24-21(28)25-19-10-13-26(15-19)14-16-4-2-1-3-5-16/h1-9,19H,10-15H2,(H,23,27)(H2,24,25,28). The van der Waals surface area contributed by atoms with Crippen LogP contribution in [0.25, 0.3) is 0 Å². The van der Waals surface area contributed by atoms with Gasteiger partial charge in [0.05, 0.1) is 0 Å². The minimum atomic E-state index is -0.385. The molecule has 2 aromatic carbocycles. The van der Waals surface area contributed by atoms with Crippen molar-refractivity contribution in [2.75, 3.05) is 26.2 Å². The van der Waals surface area contributed by atoms with E-state index in [2.05, 4.69) is 33.0 Å². The monoisotopic (exact) mass is 384 g/mol. The first kappa shape index (κ1) is 19.8. The third-order valence-corrected chi connectivity index (χ3v) is 4.66. The van der Waals surface area contributed by atoms with Gasteiger partial charge in [0.2, 0.25) is 0 Å². The van der Waals surface area contributed by atoms with E-state index in [1.54, 1.807) is 0 Å². The van der Waals surface area contributed by atoms with Crippen molar-refractivity contribution < 1.29 is 14.0 Å². The van der Waals surface area contributed by atoms with Crippen LogP contribution >= 0.6 is 0 Å². The predicted molar refractivity (Wildman–Crippen MR) is 105 cm³/mol. The maximum absolute atomic E-state index is 12.9. The third kappa shape index (κ3) is 6.06. The van der Waals surface area contributed by atoms with Crippen LogP contribution in [0.3, 0.4) is 0 Å². The van der Waals surface area contributed by atoms with Gasteiger partial charge in [0.15, 0.2) is 0 Å². The zero-order valence-corrected chi connectivity index (χ0v) is 15.7. The summed E-state index contributed by atoms with van der Waals surface area (Å²) in [7, 11) is 0. The van der Waals surface area contributed by atoms with Crippen molar-refractivity contribution in [1.29, 1.82) is 0 Å². The number of halogens is 1. The highest BCUT2D eigenvalue weighted by atomic mass is 19.1. The van der Waals surface area contributed by atoms with E-state index in [-0.39, 0.29) is 23.8 Å². The summed E-state index contributed by atoms with van der Waals surface area (Å²) in [6.07, 6.45) is 0.918. The van der Waals surface area contributed by atoms with E-state index >= 15 is 0 Å². The van der Waals surface area contributed by atoms with Crippen molar-refractivity contribution in [3.8, 4) is 0 Å². The molecule has 28 heavy (non-hydrogen) atoms. The average Bonchev–Trinajstić information content (AvgIpc) is 3.13. The number of hydrogen-bond acceptors (Lipinski definition) is 3. The topological polar surface area (TPSA) is 73.5 Å². The molecular formula is C21H25FN4O2. The molecule has 1 atom stereocenters. The second-order valence-electron chi connectivity index (χ2n) is 6.87. The number of benzene rings is 2. The summed E-state index contributed by atoms with van der Waals surface area (Å²) in [6, 6.07) is 15.5. The molecule has 3 amide bonds. The molecule has 6 nitrogen and oxygen atoms in total. The van der Waals surface area contributed by atoms with Gasteiger partial charge in [-0.3, -0.25) is 9.69 Å². The fraction of sp³-hybridized carbons (Fsp3) is 0.333. The Morgan fingerprint density at radius 1 is 1.00 bits per heavy atom. The summed E-state index contributed by atoms with van der Waals surface area (Å²) in [5, 5.41) is 8.41. The van der Waals surface area contributed by atoms with E-state index in [0.29, 0.717) is 18.7 Å². The normalized spacial score (nSPS) is 16.5. The number of nitrogens with one attached hydrogen (secondary N) is 3. The molecule has 0 aromatic heterocycles. The number of hydrogen-bond donors (Lipinski definition) is 3. The number of carbonyl (C=O) groups is 2. The molecule has 0 bridgehead atoms. The van der Waals surface area contributed by atoms with E-state index in [1.807, 2.05) is 18.2 Å². The molecule has 0 radical (unpaired) electrons. The molecular weight excluding hydrogens is 359 g/mol. The highest BCUT2D eigenvalue weighted by Gasteiger charge is 2.23. The summed E-state index contributed by atoms with van der Waals surface area (Å²) in [5.74, 6) is -0.682. The number of carbonyl (C=O) groups excluding carboxylic acids is 2. The van der Waals surface area contributed by atoms with Crippen LogP contribution < -0.4 is 16.0 Å². The van der Waals surface area contributed by atoms with Gasteiger partial charge >= 0.3 is 6.03 Å². The predicted octanol–water partition coefficient (Wildman–Crippen LogP) is 2.13. The molecule has 1 saturated heterocycles. The third-order valence-electron chi connectivity index (χ3n) is 4.66. The number of nitrogens with zero attached hydrogens (tertiary/aromatic N) is 1. The van der Waals surface area contributed by atoms with Crippen molar-refractivity contribution >= 4 is 11.9 Å². The van der Waals surface area contributed by atoms with E-state index in [4.69, 9.17) is 0 Å². The molecule has 0 spiro atoms. The van der Waals surface area contributed by atoms with Gasteiger partial charge in [0.25, 0.3) is 5.91 Å². The Balaban J connectivity index is 1.30.